The lowest BCUT2D eigenvalue weighted by Crippen LogP contribution is -2.33. The molecular formula is C16H16ClFN2O. The second kappa shape index (κ2) is 7.76. The fourth-order valence-corrected chi connectivity index (χ4v) is 1.99. The highest BCUT2D eigenvalue weighted by Crippen LogP contribution is 2.14. The van der Waals surface area contributed by atoms with E-state index >= 15 is 0 Å². The summed E-state index contributed by atoms with van der Waals surface area (Å²) in [4.78, 5) is 11.7. The van der Waals surface area contributed by atoms with E-state index in [0.717, 1.165) is 5.56 Å². The van der Waals surface area contributed by atoms with Gasteiger partial charge in [0, 0.05) is 23.7 Å². The molecule has 2 N–H and O–H groups in total. The van der Waals surface area contributed by atoms with Crippen LogP contribution in [0.5, 0.6) is 0 Å². The smallest absolute Gasteiger partial charge is 0.234 e. The highest BCUT2D eigenvalue weighted by atomic mass is 35.5. The van der Waals surface area contributed by atoms with Gasteiger partial charge < -0.3 is 10.6 Å². The van der Waals surface area contributed by atoms with Crippen molar-refractivity contribution in [2.75, 3.05) is 6.54 Å². The first-order chi connectivity index (χ1) is 10.1. The van der Waals surface area contributed by atoms with Gasteiger partial charge >= 0.3 is 0 Å². The van der Waals surface area contributed by atoms with E-state index in [-0.39, 0.29) is 24.8 Å². The van der Waals surface area contributed by atoms with Gasteiger partial charge in [-0.3, -0.25) is 4.79 Å². The van der Waals surface area contributed by atoms with Gasteiger partial charge in [-0.2, -0.15) is 0 Å². The molecule has 0 aliphatic heterocycles. The summed E-state index contributed by atoms with van der Waals surface area (Å²) in [5.41, 5.74) is 1.52. The SMILES string of the molecule is O=C(CNCc1ccc(Cl)cc1F)NCc1ccccc1. The highest BCUT2D eigenvalue weighted by Gasteiger charge is 2.04. The molecule has 0 heterocycles. The normalized spacial score (nSPS) is 10.4. The lowest BCUT2D eigenvalue weighted by molar-refractivity contribution is -0.120. The number of carbonyl (C=O) groups is 1. The molecule has 0 spiro atoms. The van der Waals surface area contributed by atoms with Crippen molar-refractivity contribution in [3.8, 4) is 0 Å². The van der Waals surface area contributed by atoms with Crippen molar-refractivity contribution in [3.63, 3.8) is 0 Å². The van der Waals surface area contributed by atoms with Crippen molar-refractivity contribution in [2.24, 2.45) is 0 Å². The van der Waals surface area contributed by atoms with Crippen LogP contribution >= 0.6 is 11.6 Å². The van der Waals surface area contributed by atoms with Crippen LogP contribution < -0.4 is 10.6 Å². The molecule has 2 aromatic carbocycles. The highest BCUT2D eigenvalue weighted by molar-refractivity contribution is 6.30. The number of halogens is 2. The molecule has 0 fully saturated rings. The zero-order chi connectivity index (χ0) is 15.1. The summed E-state index contributed by atoms with van der Waals surface area (Å²) in [5, 5.41) is 6.05. The van der Waals surface area contributed by atoms with E-state index in [9.17, 15) is 9.18 Å². The van der Waals surface area contributed by atoms with Crippen LogP contribution in [0.3, 0.4) is 0 Å². The summed E-state index contributed by atoms with van der Waals surface area (Å²) >= 11 is 5.68. The molecule has 2 rings (SSSR count). The lowest BCUT2D eigenvalue weighted by Gasteiger charge is -2.08. The number of hydrogen-bond donors (Lipinski definition) is 2. The van der Waals surface area contributed by atoms with Gasteiger partial charge in [0.1, 0.15) is 5.82 Å². The largest absolute Gasteiger partial charge is 0.351 e. The maximum absolute atomic E-state index is 13.5. The summed E-state index contributed by atoms with van der Waals surface area (Å²) < 4.78 is 13.5. The van der Waals surface area contributed by atoms with Gasteiger partial charge in [0.05, 0.1) is 6.54 Å². The molecule has 21 heavy (non-hydrogen) atoms. The minimum atomic E-state index is -0.375. The molecule has 0 aliphatic rings. The summed E-state index contributed by atoms with van der Waals surface area (Å²) in [5.74, 6) is -0.507. The van der Waals surface area contributed by atoms with Gasteiger partial charge in [-0.05, 0) is 17.7 Å². The van der Waals surface area contributed by atoms with Crippen molar-refractivity contribution in [2.45, 2.75) is 13.1 Å². The van der Waals surface area contributed by atoms with Crippen LogP contribution in [-0.4, -0.2) is 12.5 Å². The molecular weight excluding hydrogens is 291 g/mol. The maximum Gasteiger partial charge on any atom is 0.234 e. The third-order valence-corrected chi connectivity index (χ3v) is 3.18. The number of carbonyl (C=O) groups excluding carboxylic acids is 1. The Morgan fingerprint density at radius 1 is 1.10 bits per heavy atom. The molecule has 5 heteroatoms. The molecule has 0 bridgehead atoms. The van der Waals surface area contributed by atoms with Crippen LogP contribution in [0.4, 0.5) is 4.39 Å². The van der Waals surface area contributed by atoms with Crippen molar-refractivity contribution in [1.82, 2.24) is 10.6 Å². The Morgan fingerprint density at radius 2 is 1.86 bits per heavy atom. The monoisotopic (exact) mass is 306 g/mol. The molecule has 0 aromatic heterocycles. The summed E-state index contributed by atoms with van der Waals surface area (Å²) in [6, 6.07) is 14.1. The molecule has 0 aliphatic carbocycles. The summed E-state index contributed by atoms with van der Waals surface area (Å²) in [7, 11) is 0. The Kier molecular flexibility index (Phi) is 5.72. The number of rotatable bonds is 6. The zero-order valence-electron chi connectivity index (χ0n) is 11.4. The van der Waals surface area contributed by atoms with Crippen LogP contribution in [0.15, 0.2) is 48.5 Å². The van der Waals surface area contributed by atoms with E-state index in [2.05, 4.69) is 10.6 Å². The molecule has 0 atom stereocenters. The minimum Gasteiger partial charge on any atom is -0.351 e. The molecule has 3 nitrogen and oxygen atoms in total. The topological polar surface area (TPSA) is 41.1 Å². The van der Waals surface area contributed by atoms with E-state index in [1.165, 1.54) is 6.07 Å². The fourth-order valence-electron chi connectivity index (χ4n) is 1.83. The van der Waals surface area contributed by atoms with E-state index in [1.54, 1.807) is 12.1 Å². The molecule has 0 radical (unpaired) electrons. The zero-order valence-corrected chi connectivity index (χ0v) is 12.2. The van der Waals surface area contributed by atoms with Crippen molar-refractivity contribution in [1.29, 1.82) is 0 Å². The molecule has 0 saturated carbocycles. The summed E-state index contributed by atoms with van der Waals surface area (Å²) in [6.07, 6.45) is 0. The average Bonchev–Trinajstić information content (AvgIpc) is 2.48. The van der Waals surface area contributed by atoms with Crippen LogP contribution in [0.25, 0.3) is 0 Å². The molecule has 0 unspecified atom stereocenters. The first-order valence-corrected chi connectivity index (χ1v) is 6.98. The number of nitrogens with one attached hydrogen (secondary N) is 2. The third kappa shape index (κ3) is 5.17. The van der Waals surface area contributed by atoms with Gasteiger partial charge in [-0.1, -0.05) is 48.0 Å². The Bertz CT molecular complexity index is 604. The van der Waals surface area contributed by atoms with Crippen molar-refractivity contribution < 1.29 is 9.18 Å². The van der Waals surface area contributed by atoms with E-state index in [0.29, 0.717) is 17.1 Å². The minimum absolute atomic E-state index is 0.131. The van der Waals surface area contributed by atoms with E-state index in [4.69, 9.17) is 11.6 Å². The third-order valence-electron chi connectivity index (χ3n) is 2.95. The Morgan fingerprint density at radius 3 is 2.57 bits per heavy atom. The van der Waals surface area contributed by atoms with Crippen LogP contribution in [0.1, 0.15) is 11.1 Å². The van der Waals surface area contributed by atoms with Gasteiger partial charge in [-0.25, -0.2) is 4.39 Å². The van der Waals surface area contributed by atoms with Crippen LogP contribution in [-0.2, 0) is 17.9 Å². The Labute approximate surface area is 128 Å². The second-order valence-electron chi connectivity index (χ2n) is 4.60. The van der Waals surface area contributed by atoms with Gasteiger partial charge in [0.25, 0.3) is 0 Å². The molecule has 2 aromatic rings. The first kappa shape index (κ1) is 15.5. The van der Waals surface area contributed by atoms with Gasteiger partial charge in [-0.15, -0.1) is 0 Å². The van der Waals surface area contributed by atoms with Crippen LogP contribution in [0, 0.1) is 5.82 Å². The quantitative estimate of drug-likeness (QED) is 0.861. The predicted octanol–water partition coefficient (Wildman–Crippen LogP) is 2.89. The van der Waals surface area contributed by atoms with Crippen molar-refractivity contribution >= 4 is 17.5 Å². The second-order valence-corrected chi connectivity index (χ2v) is 5.04. The molecule has 110 valence electrons. The summed E-state index contributed by atoms with van der Waals surface area (Å²) in [6.45, 7) is 0.896. The van der Waals surface area contributed by atoms with Crippen molar-refractivity contribution in [3.05, 3.63) is 70.5 Å². The lowest BCUT2D eigenvalue weighted by atomic mass is 10.2. The Hall–Kier alpha value is -1.91. The fraction of sp³-hybridized carbons (Fsp3) is 0.188. The molecule has 1 amide bonds. The van der Waals surface area contributed by atoms with Crippen LogP contribution in [0.2, 0.25) is 5.02 Å². The Balaban J connectivity index is 1.72. The van der Waals surface area contributed by atoms with Gasteiger partial charge in [0.2, 0.25) is 5.91 Å². The first-order valence-electron chi connectivity index (χ1n) is 6.60. The standard InChI is InChI=1S/C16H16ClFN2O/c17-14-7-6-13(15(18)8-14)10-19-11-16(21)20-9-12-4-2-1-3-5-12/h1-8,19H,9-11H2,(H,20,21). The van der Waals surface area contributed by atoms with E-state index in [1.807, 2.05) is 30.3 Å². The number of amides is 1. The predicted molar refractivity (Wildman–Crippen MR) is 81.4 cm³/mol. The average molecular weight is 307 g/mol. The number of hydrogen-bond acceptors (Lipinski definition) is 2. The van der Waals surface area contributed by atoms with E-state index < -0.39 is 0 Å². The van der Waals surface area contributed by atoms with Gasteiger partial charge in [0.15, 0.2) is 0 Å². The maximum atomic E-state index is 13.5. The number of benzene rings is 2. The molecule has 0 saturated heterocycles.